The zero-order valence-corrected chi connectivity index (χ0v) is 10.1. The molecule has 0 N–H and O–H groups in total. The molecule has 10 heteroatoms. The van der Waals surface area contributed by atoms with Crippen molar-refractivity contribution in [2.75, 3.05) is 0 Å². The third kappa shape index (κ3) is 2.16. The minimum Gasteiger partial charge on any atom is -0.258 e. The second-order valence-corrected chi connectivity index (χ2v) is 3.96. The predicted octanol–water partition coefficient (Wildman–Crippen LogP) is 4.24. The quantitative estimate of drug-likeness (QED) is 0.273. The zero-order chi connectivity index (χ0) is 16.8. The van der Waals surface area contributed by atoms with Crippen molar-refractivity contribution < 1.29 is 35.7 Å². The highest BCUT2D eigenvalue weighted by Crippen LogP contribution is 2.39. The van der Waals surface area contributed by atoms with Gasteiger partial charge in [0.05, 0.1) is 10.5 Å². The molecule has 0 saturated heterocycles. The lowest BCUT2D eigenvalue weighted by molar-refractivity contribution is -0.384. The second-order valence-electron chi connectivity index (χ2n) is 3.96. The lowest BCUT2D eigenvalue weighted by Gasteiger charge is -2.10. The van der Waals surface area contributed by atoms with Crippen molar-refractivity contribution in [1.82, 2.24) is 0 Å². The molecule has 0 aliphatic carbocycles. The van der Waals surface area contributed by atoms with Crippen molar-refractivity contribution in [2.24, 2.45) is 0 Å². The summed E-state index contributed by atoms with van der Waals surface area (Å²) < 4.78 is 93.2. The van der Waals surface area contributed by atoms with Crippen molar-refractivity contribution in [3.05, 3.63) is 63.0 Å². The van der Waals surface area contributed by atoms with Crippen LogP contribution in [-0.4, -0.2) is 4.92 Å². The van der Waals surface area contributed by atoms with Gasteiger partial charge in [-0.15, -0.1) is 0 Å². The predicted molar refractivity (Wildman–Crippen MR) is 58.2 cm³/mol. The van der Waals surface area contributed by atoms with Gasteiger partial charge in [-0.2, -0.15) is 0 Å². The van der Waals surface area contributed by atoms with Gasteiger partial charge in [-0.25, -0.2) is 30.7 Å². The Morgan fingerprint density at radius 3 is 1.59 bits per heavy atom. The fourth-order valence-electron chi connectivity index (χ4n) is 1.75. The lowest BCUT2D eigenvalue weighted by Crippen LogP contribution is -2.07. The standard InChI is InChI=1S/C12H2F7NO2/c13-3-1-2-4(20(21)22)5(7(3)14)6-8(15)10(17)12(19)11(18)9(6)16/h1-2H. The van der Waals surface area contributed by atoms with Crippen molar-refractivity contribution in [2.45, 2.75) is 0 Å². The second kappa shape index (κ2) is 5.28. The molecule has 0 atom stereocenters. The van der Waals surface area contributed by atoms with Gasteiger partial charge in [0.25, 0.3) is 5.69 Å². The van der Waals surface area contributed by atoms with Gasteiger partial charge in [-0.1, -0.05) is 0 Å². The smallest absolute Gasteiger partial charge is 0.258 e. The summed E-state index contributed by atoms with van der Waals surface area (Å²) in [6.45, 7) is 0. The lowest BCUT2D eigenvalue weighted by atomic mass is 10.0. The topological polar surface area (TPSA) is 43.1 Å². The van der Waals surface area contributed by atoms with Gasteiger partial charge in [-0.05, 0) is 6.07 Å². The van der Waals surface area contributed by atoms with E-state index in [-0.39, 0.29) is 6.07 Å². The highest BCUT2D eigenvalue weighted by molar-refractivity contribution is 5.75. The summed E-state index contributed by atoms with van der Waals surface area (Å²) in [5.74, 6) is -16.3. The van der Waals surface area contributed by atoms with E-state index < -0.39 is 62.5 Å². The zero-order valence-electron chi connectivity index (χ0n) is 10.1. The Kier molecular flexibility index (Phi) is 3.77. The van der Waals surface area contributed by atoms with Crippen LogP contribution in [0.4, 0.5) is 36.4 Å². The van der Waals surface area contributed by atoms with Crippen molar-refractivity contribution in [1.29, 1.82) is 0 Å². The Morgan fingerprint density at radius 2 is 1.14 bits per heavy atom. The fraction of sp³-hybridized carbons (Fsp3) is 0. The molecule has 0 amide bonds. The number of benzene rings is 2. The number of halogens is 7. The molecule has 2 rings (SSSR count). The number of nitro benzene ring substituents is 1. The molecule has 0 unspecified atom stereocenters. The minimum atomic E-state index is -2.53. The molecule has 0 saturated carbocycles. The fourth-order valence-corrected chi connectivity index (χ4v) is 1.75. The SMILES string of the molecule is O=[N+]([O-])c1ccc(F)c(F)c1-c1c(F)c(F)c(F)c(F)c1F. The Labute approximate surface area is 116 Å². The summed E-state index contributed by atoms with van der Waals surface area (Å²) in [5.41, 5.74) is -4.94. The van der Waals surface area contributed by atoms with E-state index >= 15 is 0 Å². The van der Waals surface area contributed by atoms with Gasteiger partial charge >= 0.3 is 0 Å². The molecule has 3 nitrogen and oxygen atoms in total. The molecule has 0 radical (unpaired) electrons. The molecule has 2 aromatic rings. The minimum absolute atomic E-state index is 0.281. The van der Waals surface area contributed by atoms with Gasteiger partial charge in [0.1, 0.15) is 5.56 Å². The first kappa shape index (κ1) is 15.7. The summed E-state index contributed by atoms with van der Waals surface area (Å²) >= 11 is 0. The maximum atomic E-state index is 13.7. The molecule has 0 aliphatic rings. The summed E-state index contributed by atoms with van der Waals surface area (Å²) in [4.78, 5) is 9.38. The maximum absolute atomic E-state index is 13.7. The number of hydrogen-bond acceptors (Lipinski definition) is 2. The van der Waals surface area contributed by atoms with E-state index in [2.05, 4.69) is 0 Å². The van der Waals surface area contributed by atoms with E-state index in [1.54, 1.807) is 0 Å². The van der Waals surface area contributed by atoms with Crippen molar-refractivity contribution in [3.8, 4) is 11.1 Å². The van der Waals surface area contributed by atoms with Crippen LogP contribution in [0.5, 0.6) is 0 Å². The van der Waals surface area contributed by atoms with E-state index in [0.29, 0.717) is 6.07 Å². The maximum Gasteiger partial charge on any atom is 0.280 e. The molecule has 0 fully saturated rings. The summed E-state index contributed by atoms with van der Waals surface area (Å²) in [6.07, 6.45) is 0. The van der Waals surface area contributed by atoms with E-state index in [9.17, 15) is 40.8 Å². The summed E-state index contributed by atoms with van der Waals surface area (Å²) in [7, 11) is 0. The molecular formula is C12H2F7NO2. The summed E-state index contributed by atoms with van der Waals surface area (Å²) in [6, 6.07) is 0.620. The highest BCUT2D eigenvalue weighted by atomic mass is 19.2. The monoisotopic (exact) mass is 325 g/mol. The Morgan fingerprint density at radius 1 is 0.682 bits per heavy atom. The van der Waals surface area contributed by atoms with E-state index in [4.69, 9.17) is 0 Å². The van der Waals surface area contributed by atoms with Gasteiger partial charge in [-0.3, -0.25) is 10.1 Å². The Balaban J connectivity index is 3.01. The van der Waals surface area contributed by atoms with Crippen molar-refractivity contribution in [3.63, 3.8) is 0 Å². The summed E-state index contributed by atoms with van der Waals surface area (Å²) in [5, 5.41) is 10.7. The molecule has 0 aromatic heterocycles. The molecule has 2 aromatic carbocycles. The van der Waals surface area contributed by atoms with Crippen LogP contribution in [0.2, 0.25) is 0 Å². The van der Waals surface area contributed by atoms with E-state index in [1.165, 1.54) is 0 Å². The van der Waals surface area contributed by atoms with Crippen LogP contribution in [0, 0.1) is 50.8 Å². The van der Waals surface area contributed by atoms with Gasteiger partial charge in [0, 0.05) is 6.07 Å². The molecular weight excluding hydrogens is 323 g/mol. The third-order valence-corrected chi connectivity index (χ3v) is 2.73. The van der Waals surface area contributed by atoms with Gasteiger partial charge in [0.2, 0.25) is 5.82 Å². The average molecular weight is 325 g/mol. The number of rotatable bonds is 2. The molecule has 0 aliphatic heterocycles. The number of nitrogens with zero attached hydrogens (tertiary/aromatic N) is 1. The molecule has 0 heterocycles. The number of hydrogen-bond donors (Lipinski definition) is 0. The van der Waals surface area contributed by atoms with E-state index in [0.717, 1.165) is 0 Å². The van der Waals surface area contributed by atoms with E-state index in [1.807, 2.05) is 0 Å². The van der Waals surface area contributed by atoms with Gasteiger partial charge < -0.3 is 0 Å². The Bertz CT molecular complexity index is 778. The van der Waals surface area contributed by atoms with Crippen LogP contribution in [0.15, 0.2) is 12.1 Å². The first-order chi connectivity index (χ1) is 10.2. The molecule has 0 spiro atoms. The normalized spacial score (nSPS) is 10.9. The highest BCUT2D eigenvalue weighted by Gasteiger charge is 2.33. The van der Waals surface area contributed by atoms with Crippen LogP contribution in [0.1, 0.15) is 0 Å². The molecule has 22 heavy (non-hydrogen) atoms. The molecule has 0 bridgehead atoms. The first-order valence-electron chi connectivity index (χ1n) is 5.32. The first-order valence-corrected chi connectivity index (χ1v) is 5.32. The third-order valence-electron chi connectivity index (χ3n) is 2.73. The Hall–Kier alpha value is -2.65. The van der Waals surface area contributed by atoms with Crippen LogP contribution in [-0.2, 0) is 0 Å². The largest absolute Gasteiger partial charge is 0.280 e. The van der Waals surface area contributed by atoms with Crippen LogP contribution < -0.4 is 0 Å². The number of nitro groups is 1. The molecule has 116 valence electrons. The van der Waals surface area contributed by atoms with Crippen LogP contribution in [0.25, 0.3) is 11.1 Å². The van der Waals surface area contributed by atoms with Gasteiger partial charge in [0.15, 0.2) is 34.9 Å². The van der Waals surface area contributed by atoms with Crippen LogP contribution in [0.3, 0.4) is 0 Å². The average Bonchev–Trinajstić information content (AvgIpc) is 2.47. The van der Waals surface area contributed by atoms with Crippen molar-refractivity contribution >= 4 is 5.69 Å². The van der Waals surface area contributed by atoms with Crippen LogP contribution >= 0.6 is 0 Å².